The number of rotatable bonds is 11. The van der Waals surface area contributed by atoms with E-state index in [0.717, 1.165) is 11.8 Å². The number of fused-ring (bicyclic) bond motifs is 1. The van der Waals surface area contributed by atoms with Gasteiger partial charge in [0.25, 0.3) is 5.91 Å². The van der Waals surface area contributed by atoms with E-state index in [1.54, 1.807) is 54.6 Å². The van der Waals surface area contributed by atoms with Gasteiger partial charge in [-0.15, -0.1) is 0 Å². The van der Waals surface area contributed by atoms with Crippen LogP contribution in [0.25, 0.3) is 0 Å². The van der Waals surface area contributed by atoms with Crippen LogP contribution in [0.4, 0.5) is 0 Å². The summed E-state index contributed by atoms with van der Waals surface area (Å²) in [4.78, 5) is 52.2. The van der Waals surface area contributed by atoms with Crippen LogP contribution in [-0.4, -0.2) is 82.2 Å². The summed E-state index contributed by atoms with van der Waals surface area (Å²) >= 11 is 0. The van der Waals surface area contributed by atoms with Crippen LogP contribution in [0, 0.1) is 0 Å². The lowest BCUT2D eigenvalue weighted by atomic mass is 9.93. The Kier molecular flexibility index (Phi) is 8.74. The summed E-state index contributed by atoms with van der Waals surface area (Å²) in [6.07, 6.45) is -1.46. The highest BCUT2D eigenvalue weighted by Crippen LogP contribution is 2.47. The summed E-state index contributed by atoms with van der Waals surface area (Å²) in [7, 11) is 0.714. The summed E-state index contributed by atoms with van der Waals surface area (Å²) in [5.74, 6) is -1.78. The van der Waals surface area contributed by atoms with Gasteiger partial charge < -0.3 is 33.9 Å². The highest BCUT2D eigenvalue weighted by Gasteiger charge is 2.73. The number of methoxy groups -OCH3 is 2. The van der Waals surface area contributed by atoms with Gasteiger partial charge in [-0.25, -0.2) is 4.79 Å². The first-order valence-electron chi connectivity index (χ1n) is 12.3. The summed E-state index contributed by atoms with van der Waals surface area (Å²) < 4.78 is 38.9. The van der Waals surface area contributed by atoms with Crippen LogP contribution in [0.2, 0.25) is 0 Å². The Hall–Kier alpha value is -3.97. The van der Waals surface area contributed by atoms with E-state index in [9.17, 15) is 23.4 Å². The third-order valence-corrected chi connectivity index (χ3v) is 8.92. The van der Waals surface area contributed by atoms with Crippen molar-refractivity contribution >= 4 is 34.6 Å². The Morgan fingerprint density at radius 1 is 1.05 bits per heavy atom. The van der Waals surface area contributed by atoms with Crippen molar-refractivity contribution in [1.29, 1.82) is 0 Å². The minimum absolute atomic E-state index is 0.142. The SMILES string of the molecule is COc1ccc(COC(=O)[C@@H]2N3C(=O)[C@@H](NC(=O)COc4ccccc4)[C@H]3S(=O)[C@@]2(C)[C@@H](OC)OC(C)=O)cc1. The molecule has 0 aliphatic carbocycles. The van der Waals surface area contributed by atoms with Gasteiger partial charge in [-0.2, -0.15) is 0 Å². The van der Waals surface area contributed by atoms with Gasteiger partial charge in [0.15, 0.2) is 12.6 Å². The second-order valence-electron chi connectivity index (χ2n) is 9.30. The molecule has 0 spiro atoms. The van der Waals surface area contributed by atoms with Crippen LogP contribution in [-0.2, 0) is 50.8 Å². The topological polar surface area (TPSA) is 147 Å². The van der Waals surface area contributed by atoms with Crippen LogP contribution >= 0.6 is 0 Å². The van der Waals surface area contributed by atoms with Gasteiger partial charge in [0, 0.05) is 14.0 Å². The molecule has 2 fully saturated rings. The third-order valence-electron chi connectivity index (χ3n) is 6.70. The average molecular weight is 575 g/mol. The molecule has 2 aromatic carbocycles. The van der Waals surface area contributed by atoms with Crippen LogP contribution in [0.1, 0.15) is 19.4 Å². The minimum Gasteiger partial charge on any atom is -0.497 e. The molecule has 2 aliphatic heterocycles. The Morgan fingerprint density at radius 3 is 2.33 bits per heavy atom. The molecule has 214 valence electrons. The second kappa shape index (κ2) is 12.0. The van der Waals surface area contributed by atoms with Gasteiger partial charge in [0.05, 0.1) is 17.9 Å². The maximum Gasteiger partial charge on any atom is 0.331 e. The zero-order valence-electron chi connectivity index (χ0n) is 22.4. The lowest BCUT2D eigenvalue weighted by molar-refractivity contribution is -0.188. The zero-order valence-corrected chi connectivity index (χ0v) is 23.2. The predicted octanol–water partition coefficient (Wildman–Crippen LogP) is 0.896. The predicted molar refractivity (Wildman–Crippen MR) is 140 cm³/mol. The van der Waals surface area contributed by atoms with Crippen molar-refractivity contribution in [1.82, 2.24) is 10.2 Å². The van der Waals surface area contributed by atoms with E-state index >= 15 is 0 Å². The van der Waals surface area contributed by atoms with Crippen molar-refractivity contribution < 1.29 is 47.1 Å². The van der Waals surface area contributed by atoms with Gasteiger partial charge >= 0.3 is 11.9 Å². The molecule has 2 aromatic rings. The molecule has 2 aliphatic rings. The van der Waals surface area contributed by atoms with Crippen molar-refractivity contribution in [2.24, 2.45) is 0 Å². The molecule has 13 heteroatoms. The first-order chi connectivity index (χ1) is 19.1. The molecule has 40 heavy (non-hydrogen) atoms. The van der Waals surface area contributed by atoms with Gasteiger partial charge in [0.2, 0.25) is 12.2 Å². The van der Waals surface area contributed by atoms with Crippen LogP contribution in [0.3, 0.4) is 0 Å². The number of nitrogens with one attached hydrogen (secondary N) is 1. The number of nitrogens with zero attached hydrogens (tertiary/aromatic N) is 1. The van der Waals surface area contributed by atoms with E-state index < -0.39 is 63.0 Å². The summed E-state index contributed by atoms with van der Waals surface area (Å²) in [5, 5.41) is 1.45. The first-order valence-corrected chi connectivity index (χ1v) is 13.5. The summed E-state index contributed by atoms with van der Waals surface area (Å²) in [5.41, 5.74) is 0.647. The summed E-state index contributed by atoms with van der Waals surface area (Å²) in [6.45, 7) is 2.03. The number of ether oxygens (including phenoxy) is 5. The van der Waals surface area contributed by atoms with Crippen LogP contribution in [0.5, 0.6) is 11.5 Å². The third kappa shape index (κ3) is 5.52. The molecule has 0 aromatic heterocycles. The van der Waals surface area contributed by atoms with E-state index in [-0.39, 0.29) is 13.2 Å². The smallest absolute Gasteiger partial charge is 0.331 e. The monoisotopic (exact) mass is 574 g/mol. The first kappa shape index (κ1) is 29.0. The fourth-order valence-corrected chi connectivity index (χ4v) is 6.87. The van der Waals surface area contributed by atoms with Crippen molar-refractivity contribution in [2.45, 2.75) is 48.9 Å². The number of amides is 2. The number of benzene rings is 2. The van der Waals surface area contributed by atoms with Crippen molar-refractivity contribution in [2.75, 3.05) is 20.8 Å². The van der Waals surface area contributed by atoms with Crippen molar-refractivity contribution in [3.63, 3.8) is 0 Å². The van der Waals surface area contributed by atoms with Gasteiger partial charge in [-0.05, 0) is 36.8 Å². The lowest BCUT2D eigenvalue weighted by Gasteiger charge is -2.43. The Balaban J connectivity index is 1.54. The lowest BCUT2D eigenvalue weighted by Crippen LogP contribution is -2.72. The standard InChI is InChI=1S/C27H30N2O10S/c1-16(30)39-26(36-4)27(2)22(25(33)38-14-17-10-12-18(35-3)13-11-17)29-23(32)21(24(29)40(27)34)28-20(31)15-37-19-8-6-5-7-9-19/h5-13,21-22,24,26H,14-15H2,1-4H3,(H,28,31)/t21-,22+,24-,26+,27-,40?/m1/s1. The van der Waals surface area contributed by atoms with Gasteiger partial charge in [-0.1, -0.05) is 30.3 Å². The fraction of sp³-hybridized carbons (Fsp3) is 0.407. The van der Waals surface area contributed by atoms with Crippen LogP contribution in [0.15, 0.2) is 54.6 Å². The molecule has 1 N–H and O–H groups in total. The number of carbonyl (C=O) groups is 4. The normalized spacial score (nSPS) is 25.7. The fourth-order valence-electron chi connectivity index (χ4n) is 4.72. The largest absolute Gasteiger partial charge is 0.497 e. The Labute approximate surface area is 233 Å². The molecule has 6 atom stereocenters. The highest BCUT2D eigenvalue weighted by atomic mass is 32.2. The molecule has 4 rings (SSSR count). The molecule has 1 unspecified atom stereocenters. The number of para-hydroxylation sites is 1. The Bertz CT molecular complexity index is 1290. The van der Waals surface area contributed by atoms with E-state index in [1.165, 1.54) is 21.1 Å². The highest BCUT2D eigenvalue weighted by molar-refractivity contribution is 7.87. The molecule has 12 nitrogen and oxygen atoms in total. The number of hydrogen-bond donors (Lipinski definition) is 1. The number of β-lactam (4-membered cyclic amide) rings is 1. The van der Waals surface area contributed by atoms with Crippen molar-refractivity contribution in [3.05, 3.63) is 60.2 Å². The molecular formula is C27H30N2O10S. The molecule has 2 amide bonds. The average Bonchev–Trinajstić information content (AvgIpc) is 3.17. The number of hydrogen-bond acceptors (Lipinski definition) is 10. The maximum atomic E-state index is 13.9. The molecule has 2 heterocycles. The van der Waals surface area contributed by atoms with E-state index in [4.69, 9.17) is 23.7 Å². The molecule has 2 saturated heterocycles. The van der Waals surface area contributed by atoms with E-state index in [2.05, 4.69) is 5.32 Å². The van der Waals surface area contributed by atoms with Gasteiger partial charge in [0.1, 0.15) is 34.3 Å². The van der Waals surface area contributed by atoms with Gasteiger partial charge in [-0.3, -0.25) is 18.6 Å². The quantitative estimate of drug-likeness (QED) is 0.233. The zero-order chi connectivity index (χ0) is 29.0. The molecule has 0 bridgehead atoms. The Morgan fingerprint density at radius 2 is 1.73 bits per heavy atom. The molecule has 0 radical (unpaired) electrons. The van der Waals surface area contributed by atoms with Crippen LogP contribution < -0.4 is 14.8 Å². The maximum absolute atomic E-state index is 13.9. The summed E-state index contributed by atoms with van der Waals surface area (Å²) in [6, 6.07) is 12.8. The van der Waals surface area contributed by atoms with E-state index in [1.807, 2.05) is 0 Å². The minimum atomic E-state index is -2.04. The number of esters is 2. The van der Waals surface area contributed by atoms with E-state index in [0.29, 0.717) is 17.1 Å². The number of carbonyl (C=O) groups excluding carboxylic acids is 4. The van der Waals surface area contributed by atoms with Crippen molar-refractivity contribution in [3.8, 4) is 11.5 Å². The molecular weight excluding hydrogens is 544 g/mol. The molecule has 0 saturated carbocycles. The second-order valence-corrected chi connectivity index (χ2v) is 11.3.